The van der Waals surface area contributed by atoms with Crippen molar-refractivity contribution in [3.63, 3.8) is 0 Å². The van der Waals surface area contributed by atoms with Crippen molar-refractivity contribution in [3.05, 3.63) is 85.9 Å². The van der Waals surface area contributed by atoms with E-state index in [1.165, 1.54) is 67.7 Å². The van der Waals surface area contributed by atoms with Crippen LogP contribution in [0.1, 0.15) is 180 Å². The Morgan fingerprint density at radius 2 is 0.567 bits per heavy atom. The van der Waals surface area contributed by atoms with Crippen molar-refractivity contribution >= 4 is 35.2 Å². The zero-order chi connectivity index (χ0) is 68.1. The normalized spacial score (nSPS) is 16.7. The first-order valence-electron chi connectivity index (χ1n) is 33.1. The standard InChI is InChI=1S/C19H35O3Si.C14H25O3Si.C13H23O3Si.C12H21O3Si.12CH3.4Pt/c1-4-20-23(21-5-2,22-6-3)18-14-10-8-7-9-11-15-19-16-12-13-17-19;1-4-15-18(16-5-2,17-6-3)13-9-12-14-10-7-8-11-14;1-4-14-17(15-5-2,16-6-3)12-11-13-9-7-8-10-13;1-5-13-16(14-6-2,15-7-3)12-10-8-9-11(12)4;;;;;;;;;;;;;;;;/h12,16H,4-11,13-15,18H2,1-3H3;7,10H,4-6,8-9,12-13H2,1-3H3;7,9H,4-6,8,11-12H2,1-3H3;10H,5-8H2,1-4H3;12*1H3;;;;. The van der Waals surface area contributed by atoms with Crippen LogP contribution in [0.25, 0.3) is 0 Å². The van der Waals surface area contributed by atoms with Gasteiger partial charge in [-0.1, -0.05) is 0 Å². The summed E-state index contributed by atoms with van der Waals surface area (Å²) in [6.45, 7) is 34.3. The molecule has 0 spiro atoms. The molecule has 0 aromatic rings. The number of hydrogen-bond donors (Lipinski definition) is 0. The average molecular weight is 2070 g/mol. The van der Waals surface area contributed by atoms with E-state index in [-0.39, 0.29) is 0 Å². The summed E-state index contributed by atoms with van der Waals surface area (Å²) in [6, 6.07) is 2.77. The Labute approximate surface area is 574 Å². The summed E-state index contributed by atoms with van der Waals surface area (Å²) in [4.78, 5) is 0. The molecule has 4 aliphatic carbocycles. The van der Waals surface area contributed by atoms with E-state index in [0.717, 1.165) is 56.7 Å². The van der Waals surface area contributed by atoms with Crippen LogP contribution in [0.2, 0.25) is 81.9 Å². The Hall–Kier alpha value is 1.06. The Balaban J connectivity index is 0.000000604. The van der Waals surface area contributed by atoms with Gasteiger partial charge in [-0.15, -0.1) is 0 Å². The predicted octanol–water partition coefficient (Wildman–Crippen LogP) is 22.0. The maximum atomic E-state index is 6.04. The molecule has 0 radical (unpaired) electrons. The van der Waals surface area contributed by atoms with Crippen LogP contribution in [0.4, 0.5) is 0 Å². The second-order valence-corrected chi connectivity index (χ2v) is 80.9. The molecule has 548 valence electrons. The summed E-state index contributed by atoms with van der Waals surface area (Å²) < 4.78 is 78.5. The van der Waals surface area contributed by atoms with Gasteiger partial charge in [0.1, 0.15) is 0 Å². The van der Waals surface area contributed by atoms with E-state index in [9.17, 15) is 0 Å². The average Bonchev–Trinajstić information content (AvgIpc) is 2.26. The number of hydrogen-bond acceptors (Lipinski definition) is 12. The van der Waals surface area contributed by atoms with E-state index in [1.54, 1.807) is 23.0 Å². The van der Waals surface area contributed by atoms with E-state index in [4.69, 9.17) is 53.1 Å². The molecule has 0 aromatic heterocycles. The van der Waals surface area contributed by atoms with Gasteiger partial charge in [-0.3, -0.25) is 0 Å². The van der Waals surface area contributed by atoms with Gasteiger partial charge in [0.2, 0.25) is 0 Å². The third kappa shape index (κ3) is 31.9. The van der Waals surface area contributed by atoms with Gasteiger partial charge in [0, 0.05) is 19.8 Å². The Bertz CT molecular complexity index is 2210. The van der Waals surface area contributed by atoms with E-state index in [0.29, 0.717) is 79.3 Å². The summed E-state index contributed by atoms with van der Waals surface area (Å²) in [5, 5.41) is 30.9. The van der Waals surface area contributed by atoms with Crippen LogP contribution in [0.5, 0.6) is 0 Å². The second-order valence-electron chi connectivity index (χ2n) is 23.8. The van der Waals surface area contributed by atoms with Crippen molar-refractivity contribution in [1.29, 1.82) is 0 Å². The van der Waals surface area contributed by atoms with Crippen LogP contribution < -0.4 is 0 Å². The van der Waals surface area contributed by atoms with E-state index in [2.05, 4.69) is 113 Å². The Kier molecular flexibility index (Phi) is 45.9. The minimum absolute atomic E-state index is 0.628. The molecule has 90 heavy (non-hydrogen) atoms. The fourth-order valence-electron chi connectivity index (χ4n) is 11.3. The Morgan fingerprint density at radius 1 is 0.300 bits per heavy atom. The molecule has 0 saturated carbocycles. The molecular weight excluding hydrogens is 1930 g/mol. The Morgan fingerprint density at radius 3 is 0.867 bits per heavy atom. The van der Waals surface area contributed by atoms with E-state index >= 15 is 0 Å². The molecule has 0 amide bonds. The van der Waals surface area contributed by atoms with Crippen LogP contribution in [0.3, 0.4) is 0 Å². The quantitative estimate of drug-likeness (QED) is 0.0428. The molecule has 0 unspecified atom stereocenters. The molecule has 4 aliphatic rings. The van der Waals surface area contributed by atoms with Crippen molar-refractivity contribution in [2.24, 2.45) is 0 Å². The molecule has 0 heterocycles. The first-order valence-corrected chi connectivity index (χ1v) is 72.5. The van der Waals surface area contributed by atoms with Crippen LogP contribution >= 0.6 is 0 Å². The van der Waals surface area contributed by atoms with E-state index in [1.807, 2.05) is 87.0 Å². The zero-order valence-corrected chi connectivity index (χ0v) is 75.3. The molecule has 0 atom stereocenters. The summed E-state index contributed by atoms with van der Waals surface area (Å²) >= 11 is -6.59. The monoisotopic (exact) mass is 2060 g/mol. The molecule has 0 bridgehead atoms. The summed E-state index contributed by atoms with van der Waals surface area (Å²) in [5.41, 5.74) is 6.17. The van der Waals surface area contributed by atoms with Crippen molar-refractivity contribution < 1.29 is 117 Å². The van der Waals surface area contributed by atoms with Gasteiger partial charge in [0.05, 0.1) is 0 Å². The van der Waals surface area contributed by atoms with Gasteiger partial charge in [-0.05, 0) is 20.8 Å². The number of rotatable bonds is 45. The van der Waals surface area contributed by atoms with Crippen LogP contribution in [0, 0.1) is 0 Å². The first kappa shape index (κ1) is 89.1. The van der Waals surface area contributed by atoms with Crippen LogP contribution in [-0.2, 0) is 117 Å². The second kappa shape index (κ2) is 46.4. The molecule has 0 aromatic carbocycles. The van der Waals surface area contributed by atoms with Gasteiger partial charge in [-0.2, -0.15) is 0 Å². The maximum absolute atomic E-state index is 6.04. The third-order valence-electron chi connectivity index (χ3n) is 14.8. The van der Waals surface area contributed by atoms with Crippen molar-refractivity contribution in [1.82, 2.24) is 0 Å². The molecule has 0 saturated heterocycles. The fourth-order valence-corrected chi connectivity index (χ4v) is 39.7. The van der Waals surface area contributed by atoms with Crippen molar-refractivity contribution in [3.8, 4) is 0 Å². The minimum atomic E-state index is -2.71. The fraction of sp³-hybridized carbons (Fsp3) is 0.771. The third-order valence-corrected chi connectivity index (χ3v) is 48.7. The van der Waals surface area contributed by atoms with Crippen LogP contribution in [-0.4, -0.2) is 115 Å². The van der Waals surface area contributed by atoms with E-state index < -0.39 is 99.5 Å². The van der Waals surface area contributed by atoms with Crippen LogP contribution in [0.15, 0.2) is 85.9 Å². The predicted molar refractivity (Wildman–Crippen MR) is 381 cm³/mol. The summed E-state index contributed by atoms with van der Waals surface area (Å²) in [5.74, 6) is 0. The topological polar surface area (TPSA) is 111 Å². The molecule has 4 rings (SSSR count). The summed E-state index contributed by atoms with van der Waals surface area (Å²) in [7, 11) is -10.1. The number of unbranched alkanes of at least 4 members (excludes halogenated alkanes) is 5. The van der Waals surface area contributed by atoms with Gasteiger partial charge in [0.15, 0.2) is 0 Å². The molecular formula is C70H140O12Pt4Si4. The summed E-state index contributed by atoms with van der Waals surface area (Å²) in [6.07, 6.45) is 33.3. The SMILES string of the molecule is CCO[Si](CCC1=[C]([Pt]([CH3])([CH3])[CH3])CC=C1)(OCC)OCC.CCO[Si](CCCC1=[C]([Pt]([CH3])([CH3])[CH3])CC=C1)(OCC)OCC.CCO[Si](CCCCCCCCC1=[C]([Pt]([CH3])([CH3])[CH3])CC=C1)(OCC)OCC.CCO[Si](OCC)(OCC)C1=CC[C]([Pt]([CH3])([CH3])[CH3])=C1C. The van der Waals surface area contributed by atoms with Gasteiger partial charge in [0.25, 0.3) is 0 Å². The zero-order valence-electron chi connectivity index (χ0n) is 62.2. The van der Waals surface area contributed by atoms with Gasteiger partial charge in [-0.25, -0.2) is 0 Å². The number of allylic oxidation sites excluding steroid dienone is 16. The molecule has 0 fully saturated rings. The van der Waals surface area contributed by atoms with Crippen molar-refractivity contribution in [2.45, 2.75) is 262 Å². The van der Waals surface area contributed by atoms with Gasteiger partial charge < -0.3 is 0 Å². The van der Waals surface area contributed by atoms with Gasteiger partial charge >= 0.3 is 539 Å². The molecule has 0 N–H and O–H groups in total. The molecule has 12 nitrogen and oxygen atoms in total. The van der Waals surface area contributed by atoms with Crippen molar-refractivity contribution in [2.75, 3.05) is 79.3 Å². The molecule has 0 aliphatic heterocycles. The first-order chi connectivity index (χ1) is 42.5. The molecule has 20 heteroatoms.